The van der Waals surface area contributed by atoms with E-state index in [0.717, 1.165) is 32.4 Å². The number of carbonyl (C=O) groups excluding carboxylic acids is 1. The van der Waals surface area contributed by atoms with Gasteiger partial charge in [-0.05, 0) is 31.6 Å². The summed E-state index contributed by atoms with van der Waals surface area (Å²) in [7, 11) is 0. The molecule has 0 aromatic rings. The zero-order valence-corrected chi connectivity index (χ0v) is 11.0. The van der Waals surface area contributed by atoms with E-state index >= 15 is 0 Å². The van der Waals surface area contributed by atoms with E-state index in [9.17, 15) is 4.79 Å². The van der Waals surface area contributed by atoms with Crippen molar-refractivity contribution in [1.29, 1.82) is 0 Å². The lowest BCUT2D eigenvalue weighted by atomic mass is 9.89. The highest BCUT2D eigenvalue weighted by molar-refractivity contribution is 5.86. The molecule has 1 aliphatic rings. The summed E-state index contributed by atoms with van der Waals surface area (Å²) in [5.41, 5.74) is 5.54. The molecule has 3 heteroatoms. The minimum absolute atomic E-state index is 0.163. The van der Waals surface area contributed by atoms with Crippen LogP contribution in [0.4, 0.5) is 0 Å². The van der Waals surface area contributed by atoms with Gasteiger partial charge >= 0.3 is 0 Å². The van der Waals surface area contributed by atoms with Crippen LogP contribution in [0.25, 0.3) is 0 Å². The Morgan fingerprint density at radius 3 is 2.50 bits per heavy atom. The molecule has 1 atom stereocenters. The average Bonchev–Trinajstić information content (AvgIpc) is 2.37. The molecule has 1 amide bonds. The van der Waals surface area contributed by atoms with Gasteiger partial charge in [-0.1, -0.05) is 27.2 Å². The molecule has 1 rings (SSSR count). The van der Waals surface area contributed by atoms with Gasteiger partial charge < -0.3 is 10.6 Å². The van der Waals surface area contributed by atoms with Crippen LogP contribution in [0.3, 0.4) is 0 Å². The Bertz CT molecular complexity index is 236. The fraction of sp³-hybridized carbons (Fsp3) is 0.923. The van der Waals surface area contributed by atoms with E-state index in [4.69, 9.17) is 5.73 Å². The quantitative estimate of drug-likeness (QED) is 0.798. The summed E-state index contributed by atoms with van der Waals surface area (Å²) < 4.78 is 0. The average molecular weight is 226 g/mol. The molecule has 1 unspecified atom stereocenters. The van der Waals surface area contributed by atoms with E-state index in [1.807, 2.05) is 18.7 Å². The Morgan fingerprint density at radius 1 is 1.38 bits per heavy atom. The summed E-state index contributed by atoms with van der Waals surface area (Å²) in [5, 5.41) is 0. The third-order valence-electron chi connectivity index (χ3n) is 4.07. The summed E-state index contributed by atoms with van der Waals surface area (Å²) in [6.45, 7) is 8.02. The van der Waals surface area contributed by atoms with E-state index in [2.05, 4.69) is 6.92 Å². The SMILES string of the molecule is CCC1CCCN(C(=O)C(N)(CC)CC)C1. The largest absolute Gasteiger partial charge is 0.341 e. The van der Waals surface area contributed by atoms with Gasteiger partial charge in [-0.3, -0.25) is 4.79 Å². The Kier molecular flexibility index (Phi) is 4.78. The van der Waals surface area contributed by atoms with Crippen LogP contribution in [-0.2, 0) is 4.79 Å². The molecule has 2 N–H and O–H groups in total. The third-order valence-corrected chi connectivity index (χ3v) is 4.07. The van der Waals surface area contributed by atoms with Crippen LogP contribution < -0.4 is 5.73 Å². The minimum atomic E-state index is -0.629. The Hall–Kier alpha value is -0.570. The third kappa shape index (κ3) is 2.76. The smallest absolute Gasteiger partial charge is 0.242 e. The van der Waals surface area contributed by atoms with E-state index in [0.29, 0.717) is 5.92 Å². The molecule has 1 heterocycles. The van der Waals surface area contributed by atoms with Crippen LogP contribution in [0.15, 0.2) is 0 Å². The predicted octanol–water partition coefficient (Wildman–Crippen LogP) is 2.15. The molecule has 1 fully saturated rings. The van der Waals surface area contributed by atoms with Crippen molar-refractivity contribution >= 4 is 5.91 Å². The molecular formula is C13H26N2O. The first kappa shape index (κ1) is 13.5. The zero-order chi connectivity index (χ0) is 12.2. The van der Waals surface area contributed by atoms with E-state index in [1.165, 1.54) is 12.8 Å². The lowest BCUT2D eigenvalue weighted by molar-refractivity contribution is -0.139. The standard InChI is InChI=1S/C13H26N2O/c1-4-11-8-7-9-15(10-11)12(16)13(14,5-2)6-3/h11H,4-10,14H2,1-3H3. The van der Waals surface area contributed by atoms with Crippen LogP contribution in [0.2, 0.25) is 0 Å². The monoisotopic (exact) mass is 226 g/mol. The highest BCUT2D eigenvalue weighted by Crippen LogP contribution is 2.23. The highest BCUT2D eigenvalue weighted by atomic mass is 16.2. The van der Waals surface area contributed by atoms with Crippen molar-refractivity contribution in [3.63, 3.8) is 0 Å². The second-order valence-electron chi connectivity index (χ2n) is 5.03. The Morgan fingerprint density at radius 2 is 2.00 bits per heavy atom. The number of carbonyl (C=O) groups is 1. The van der Waals surface area contributed by atoms with Crippen molar-refractivity contribution in [2.24, 2.45) is 11.7 Å². The highest BCUT2D eigenvalue weighted by Gasteiger charge is 2.35. The van der Waals surface area contributed by atoms with Crippen LogP contribution in [0.5, 0.6) is 0 Å². The van der Waals surface area contributed by atoms with Gasteiger partial charge in [0.15, 0.2) is 0 Å². The Labute approximate surface area is 99.4 Å². The van der Waals surface area contributed by atoms with Crippen LogP contribution in [-0.4, -0.2) is 29.4 Å². The van der Waals surface area contributed by atoms with Crippen molar-refractivity contribution in [3.05, 3.63) is 0 Å². The van der Waals surface area contributed by atoms with Crippen molar-refractivity contribution < 1.29 is 4.79 Å². The molecular weight excluding hydrogens is 200 g/mol. The number of piperidine rings is 1. The zero-order valence-electron chi connectivity index (χ0n) is 11.0. The van der Waals surface area contributed by atoms with Crippen molar-refractivity contribution in [2.75, 3.05) is 13.1 Å². The molecule has 0 radical (unpaired) electrons. The van der Waals surface area contributed by atoms with Crippen LogP contribution in [0.1, 0.15) is 52.9 Å². The molecule has 0 spiro atoms. The molecule has 0 bridgehead atoms. The number of nitrogens with two attached hydrogens (primary N) is 1. The molecule has 0 saturated carbocycles. The molecule has 1 saturated heterocycles. The number of rotatable bonds is 4. The maximum atomic E-state index is 12.3. The predicted molar refractivity (Wildman–Crippen MR) is 67.1 cm³/mol. The maximum Gasteiger partial charge on any atom is 0.242 e. The molecule has 0 aromatic carbocycles. The van der Waals surface area contributed by atoms with Gasteiger partial charge in [-0.15, -0.1) is 0 Å². The first-order valence-corrected chi connectivity index (χ1v) is 6.65. The number of amides is 1. The van der Waals surface area contributed by atoms with Gasteiger partial charge in [0, 0.05) is 13.1 Å². The van der Waals surface area contributed by atoms with Gasteiger partial charge in [0.25, 0.3) is 0 Å². The first-order chi connectivity index (χ1) is 7.57. The fourth-order valence-electron chi connectivity index (χ4n) is 2.45. The maximum absolute atomic E-state index is 12.3. The first-order valence-electron chi connectivity index (χ1n) is 6.65. The molecule has 94 valence electrons. The molecule has 16 heavy (non-hydrogen) atoms. The normalized spacial score (nSPS) is 22.2. The van der Waals surface area contributed by atoms with E-state index in [-0.39, 0.29) is 5.91 Å². The van der Waals surface area contributed by atoms with E-state index < -0.39 is 5.54 Å². The van der Waals surface area contributed by atoms with Gasteiger partial charge in [0.05, 0.1) is 5.54 Å². The minimum Gasteiger partial charge on any atom is -0.341 e. The fourth-order valence-corrected chi connectivity index (χ4v) is 2.45. The number of likely N-dealkylation sites (tertiary alicyclic amines) is 1. The van der Waals surface area contributed by atoms with Crippen molar-refractivity contribution in [2.45, 2.75) is 58.4 Å². The van der Waals surface area contributed by atoms with Crippen molar-refractivity contribution in [3.8, 4) is 0 Å². The topological polar surface area (TPSA) is 46.3 Å². The van der Waals surface area contributed by atoms with Crippen LogP contribution in [0, 0.1) is 5.92 Å². The summed E-state index contributed by atoms with van der Waals surface area (Å²) >= 11 is 0. The number of nitrogens with zero attached hydrogens (tertiary/aromatic N) is 1. The summed E-state index contributed by atoms with van der Waals surface area (Å²) in [5.74, 6) is 0.839. The number of hydrogen-bond donors (Lipinski definition) is 1. The molecule has 3 nitrogen and oxygen atoms in total. The molecule has 0 aliphatic carbocycles. The lowest BCUT2D eigenvalue weighted by Crippen LogP contribution is -2.56. The summed E-state index contributed by atoms with van der Waals surface area (Å²) in [6.07, 6.45) is 5.02. The second kappa shape index (κ2) is 5.67. The lowest BCUT2D eigenvalue weighted by Gasteiger charge is -2.38. The van der Waals surface area contributed by atoms with Gasteiger partial charge in [-0.2, -0.15) is 0 Å². The van der Waals surface area contributed by atoms with E-state index in [1.54, 1.807) is 0 Å². The number of hydrogen-bond acceptors (Lipinski definition) is 2. The van der Waals surface area contributed by atoms with Crippen molar-refractivity contribution in [1.82, 2.24) is 4.90 Å². The molecule has 1 aliphatic heterocycles. The Balaban J connectivity index is 2.65. The second-order valence-corrected chi connectivity index (χ2v) is 5.03. The molecule has 0 aromatic heterocycles. The van der Waals surface area contributed by atoms with Gasteiger partial charge in [-0.25, -0.2) is 0 Å². The summed E-state index contributed by atoms with van der Waals surface area (Å²) in [6, 6.07) is 0. The summed E-state index contributed by atoms with van der Waals surface area (Å²) in [4.78, 5) is 14.3. The van der Waals surface area contributed by atoms with Gasteiger partial charge in [0.1, 0.15) is 0 Å². The van der Waals surface area contributed by atoms with Crippen LogP contribution >= 0.6 is 0 Å². The van der Waals surface area contributed by atoms with Gasteiger partial charge in [0.2, 0.25) is 5.91 Å².